The van der Waals surface area contributed by atoms with Crippen molar-refractivity contribution in [2.24, 2.45) is 0 Å². The van der Waals surface area contributed by atoms with Gasteiger partial charge in [0.25, 0.3) is 5.91 Å². The van der Waals surface area contributed by atoms with Crippen molar-refractivity contribution < 1.29 is 4.79 Å². The van der Waals surface area contributed by atoms with Crippen molar-refractivity contribution in [2.45, 2.75) is 6.92 Å². The molecule has 1 rings (SSSR count). The summed E-state index contributed by atoms with van der Waals surface area (Å²) in [5, 5.41) is 9.59. The predicted octanol–water partition coefficient (Wildman–Crippen LogP) is -0.100. The molecule has 0 bridgehead atoms. The third kappa shape index (κ3) is 2.06. The molecule has 0 aromatic carbocycles. The van der Waals surface area contributed by atoms with Crippen molar-refractivity contribution in [2.75, 3.05) is 13.1 Å². The Kier molecular flexibility index (Phi) is 3.03. The summed E-state index contributed by atoms with van der Waals surface area (Å²) >= 11 is 0. The molecule has 0 aliphatic carbocycles. The maximum atomic E-state index is 11.5. The van der Waals surface area contributed by atoms with Crippen LogP contribution in [-0.4, -0.2) is 39.3 Å². The molecule has 0 radical (unpaired) electrons. The van der Waals surface area contributed by atoms with Gasteiger partial charge in [0, 0.05) is 6.54 Å². The third-order valence-electron chi connectivity index (χ3n) is 1.59. The molecule has 1 aromatic heterocycles. The minimum Gasteiger partial charge on any atom is -0.326 e. The number of hydrogen-bond donors (Lipinski definition) is 1. The highest BCUT2D eigenvalue weighted by atomic mass is 16.2. The van der Waals surface area contributed by atoms with Gasteiger partial charge in [-0.1, -0.05) is 5.92 Å². The lowest BCUT2D eigenvalue weighted by molar-refractivity contribution is 0.0779. The maximum absolute atomic E-state index is 11.5. The predicted molar refractivity (Wildman–Crippen MR) is 46.8 cm³/mol. The molecule has 1 aromatic rings. The first-order valence-electron chi connectivity index (χ1n) is 3.88. The van der Waals surface area contributed by atoms with Gasteiger partial charge in [0.2, 0.25) is 0 Å². The Morgan fingerprint density at radius 2 is 2.62 bits per heavy atom. The van der Waals surface area contributed by atoms with Gasteiger partial charge in [0.05, 0.1) is 12.7 Å². The van der Waals surface area contributed by atoms with E-state index in [1.807, 2.05) is 6.92 Å². The van der Waals surface area contributed by atoms with Gasteiger partial charge in [-0.15, -0.1) is 6.42 Å². The largest absolute Gasteiger partial charge is 0.326 e. The quantitative estimate of drug-likeness (QED) is 0.657. The van der Waals surface area contributed by atoms with E-state index >= 15 is 0 Å². The van der Waals surface area contributed by atoms with Gasteiger partial charge in [0.15, 0.2) is 5.69 Å². The Morgan fingerprint density at radius 3 is 3.08 bits per heavy atom. The Hall–Kier alpha value is -1.83. The van der Waals surface area contributed by atoms with E-state index in [0.29, 0.717) is 13.1 Å². The van der Waals surface area contributed by atoms with Crippen LogP contribution in [0.1, 0.15) is 17.4 Å². The molecule has 0 fully saturated rings. The number of aromatic nitrogens is 3. The van der Waals surface area contributed by atoms with Crippen LogP contribution in [-0.2, 0) is 0 Å². The van der Waals surface area contributed by atoms with Crippen LogP contribution in [0, 0.1) is 12.3 Å². The molecule has 0 unspecified atom stereocenters. The number of nitrogens with zero attached hydrogens (tertiary/aromatic N) is 3. The number of hydrogen-bond acceptors (Lipinski definition) is 3. The van der Waals surface area contributed by atoms with Crippen molar-refractivity contribution in [1.82, 2.24) is 20.3 Å². The second-order valence-electron chi connectivity index (χ2n) is 2.38. The van der Waals surface area contributed by atoms with E-state index < -0.39 is 0 Å². The van der Waals surface area contributed by atoms with Gasteiger partial charge < -0.3 is 4.90 Å². The Balaban J connectivity index is 2.72. The van der Waals surface area contributed by atoms with Gasteiger partial charge in [-0.2, -0.15) is 15.4 Å². The molecule has 0 aliphatic heterocycles. The highest BCUT2D eigenvalue weighted by molar-refractivity contribution is 5.92. The average Bonchev–Trinajstić information content (AvgIpc) is 2.65. The zero-order valence-corrected chi connectivity index (χ0v) is 7.32. The van der Waals surface area contributed by atoms with Gasteiger partial charge in [-0.05, 0) is 6.92 Å². The van der Waals surface area contributed by atoms with E-state index in [9.17, 15) is 4.79 Å². The van der Waals surface area contributed by atoms with Crippen LogP contribution in [0.5, 0.6) is 0 Å². The highest BCUT2D eigenvalue weighted by Gasteiger charge is 2.14. The molecular formula is C8H10N4O. The van der Waals surface area contributed by atoms with E-state index in [1.54, 1.807) is 0 Å². The first-order chi connectivity index (χ1) is 6.29. The smallest absolute Gasteiger partial charge is 0.276 e. The first-order valence-corrected chi connectivity index (χ1v) is 3.88. The summed E-state index contributed by atoms with van der Waals surface area (Å²) in [5.41, 5.74) is 0.289. The second-order valence-corrected chi connectivity index (χ2v) is 2.38. The van der Waals surface area contributed by atoms with Crippen molar-refractivity contribution in [3.8, 4) is 12.3 Å². The molecule has 5 nitrogen and oxygen atoms in total. The van der Waals surface area contributed by atoms with Crippen LogP contribution in [0.25, 0.3) is 0 Å². The van der Waals surface area contributed by atoms with Gasteiger partial charge in [0.1, 0.15) is 0 Å². The molecule has 13 heavy (non-hydrogen) atoms. The monoisotopic (exact) mass is 178 g/mol. The molecule has 0 saturated carbocycles. The lowest BCUT2D eigenvalue weighted by atomic mass is 10.4. The minimum atomic E-state index is -0.200. The zero-order chi connectivity index (χ0) is 9.68. The molecule has 0 saturated heterocycles. The third-order valence-corrected chi connectivity index (χ3v) is 1.59. The molecule has 1 N–H and O–H groups in total. The summed E-state index contributed by atoms with van der Waals surface area (Å²) in [6, 6.07) is 0. The van der Waals surface area contributed by atoms with Crippen LogP contribution in [0.15, 0.2) is 6.20 Å². The van der Waals surface area contributed by atoms with E-state index in [2.05, 4.69) is 21.3 Å². The molecule has 0 spiro atoms. The minimum absolute atomic E-state index is 0.200. The lowest BCUT2D eigenvalue weighted by Gasteiger charge is -2.15. The number of terminal acetylenes is 1. The summed E-state index contributed by atoms with van der Waals surface area (Å²) in [5.74, 6) is 2.21. The standard InChI is InChI=1S/C8H10N4O/c1-3-5-12(4-2)8(13)7-6-9-11-10-7/h1,6H,4-5H2,2H3,(H,9,10,11). The number of aromatic amines is 1. The molecule has 1 heterocycles. The van der Waals surface area contributed by atoms with Crippen LogP contribution in [0.4, 0.5) is 0 Å². The zero-order valence-electron chi connectivity index (χ0n) is 7.32. The van der Waals surface area contributed by atoms with Crippen molar-refractivity contribution in [1.29, 1.82) is 0 Å². The Morgan fingerprint density at radius 1 is 1.85 bits per heavy atom. The Labute approximate surface area is 76.1 Å². The van der Waals surface area contributed by atoms with E-state index in [1.165, 1.54) is 11.1 Å². The van der Waals surface area contributed by atoms with Gasteiger partial charge >= 0.3 is 0 Å². The summed E-state index contributed by atoms with van der Waals surface area (Å²) < 4.78 is 0. The number of nitrogens with one attached hydrogen (secondary N) is 1. The molecule has 5 heteroatoms. The van der Waals surface area contributed by atoms with Crippen LogP contribution in [0.3, 0.4) is 0 Å². The molecule has 0 atom stereocenters. The van der Waals surface area contributed by atoms with Crippen molar-refractivity contribution in [3.05, 3.63) is 11.9 Å². The van der Waals surface area contributed by atoms with Crippen molar-refractivity contribution >= 4 is 5.91 Å². The van der Waals surface area contributed by atoms with E-state index in [4.69, 9.17) is 6.42 Å². The van der Waals surface area contributed by atoms with Gasteiger partial charge in [-0.3, -0.25) is 4.79 Å². The molecule has 0 aliphatic rings. The summed E-state index contributed by atoms with van der Waals surface area (Å²) in [4.78, 5) is 13.0. The average molecular weight is 178 g/mol. The summed E-state index contributed by atoms with van der Waals surface area (Å²) in [6.07, 6.45) is 6.48. The number of rotatable bonds is 3. The summed E-state index contributed by atoms with van der Waals surface area (Å²) in [6.45, 7) is 2.72. The number of carbonyl (C=O) groups excluding carboxylic acids is 1. The van der Waals surface area contributed by atoms with Crippen molar-refractivity contribution in [3.63, 3.8) is 0 Å². The maximum Gasteiger partial charge on any atom is 0.276 e. The van der Waals surface area contributed by atoms with Gasteiger partial charge in [-0.25, -0.2) is 0 Å². The number of H-pyrrole nitrogens is 1. The fourth-order valence-electron chi connectivity index (χ4n) is 0.904. The SMILES string of the molecule is C#CCN(CC)C(=O)c1cn[nH]n1. The first kappa shape index (κ1) is 9.26. The fourth-order valence-corrected chi connectivity index (χ4v) is 0.904. The van der Waals surface area contributed by atoms with Crippen LogP contribution >= 0.6 is 0 Å². The van der Waals surface area contributed by atoms with E-state index in [-0.39, 0.29) is 11.6 Å². The number of amides is 1. The van der Waals surface area contributed by atoms with Crippen LogP contribution in [0.2, 0.25) is 0 Å². The number of carbonyl (C=O) groups is 1. The fraction of sp³-hybridized carbons (Fsp3) is 0.375. The molecule has 1 amide bonds. The molecule has 68 valence electrons. The van der Waals surface area contributed by atoms with Crippen LogP contribution < -0.4 is 0 Å². The highest BCUT2D eigenvalue weighted by Crippen LogP contribution is 1.97. The topological polar surface area (TPSA) is 61.9 Å². The second kappa shape index (κ2) is 4.26. The normalized spacial score (nSPS) is 9.23. The van der Waals surface area contributed by atoms with E-state index in [0.717, 1.165) is 0 Å². The Bertz CT molecular complexity index is 311. The lowest BCUT2D eigenvalue weighted by Crippen LogP contribution is -2.31. The summed E-state index contributed by atoms with van der Waals surface area (Å²) in [7, 11) is 0. The molecular weight excluding hydrogens is 168 g/mol.